The van der Waals surface area contributed by atoms with E-state index in [1.54, 1.807) is 12.1 Å². The van der Waals surface area contributed by atoms with Crippen molar-refractivity contribution < 1.29 is 19.5 Å². The molecule has 0 bridgehead atoms. The molecule has 0 aliphatic carbocycles. The number of Topliss-reactive ketones (excluding diaryl/α,β-unsaturated/α-hetero) is 2. The fourth-order valence-electron chi connectivity index (χ4n) is 0.858. The molecule has 0 saturated carbocycles. The van der Waals surface area contributed by atoms with E-state index in [1.165, 1.54) is 12.3 Å². The summed E-state index contributed by atoms with van der Waals surface area (Å²) in [6.07, 6.45) is 0.566. The molecule has 1 aromatic rings. The molecule has 1 N–H and O–H groups in total. The van der Waals surface area contributed by atoms with Crippen LogP contribution in [-0.4, -0.2) is 27.6 Å². The number of carbonyl (C=O) groups is 3. The molecule has 0 aliphatic rings. The fraction of sp³-hybridized carbons (Fsp3) is 0.111. The first-order chi connectivity index (χ1) is 6.61. The van der Waals surface area contributed by atoms with Crippen LogP contribution in [0, 0.1) is 0 Å². The Morgan fingerprint density at radius 2 is 2.00 bits per heavy atom. The van der Waals surface area contributed by atoms with E-state index in [0.29, 0.717) is 0 Å². The van der Waals surface area contributed by atoms with E-state index in [0.717, 1.165) is 0 Å². The van der Waals surface area contributed by atoms with Crippen LogP contribution < -0.4 is 0 Å². The first-order valence-electron chi connectivity index (χ1n) is 3.81. The molecule has 0 unspecified atom stereocenters. The molecule has 0 aliphatic heterocycles. The maximum atomic E-state index is 11.2. The molecule has 14 heavy (non-hydrogen) atoms. The average molecular weight is 193 g/mol. The number of hydrogen-bond donors (Lipinski definition) is 1. The van der Waals surface area contributed by atoms with E-state index in [2.05, 4.69) is 4.98 Å². The van der Waals surface area contributed by atoms with Crippen molar-refractivity contribution in [3.8, 4) is 0 Å². The zero-order chi connectivity index (χ0) is 10.6. The number of ketones is 2. The van der Waals surface area contributed by atoms with Gasteiger partial charge in [-0.25, -0.2) is 0 Å². The molecule has 1 aromatic heterocycles. The molecule has 0 amide bonds. The van der Waals surface area contributed by atoms with Crippen LogP contribution in [0.15, 0.2) is 24.4 Å². The lowest BCUT2D eigenvalue weighted by Crippen LogP contribution is -2.18. The quantitative estimate of drug-likeness (QED) is 0.422. The number of aliphatic carboxylic acids is 1. The van der Waals surface area contributed by atoms with Crippen molar-refractivity contribution in [2.45, 2.75) is 6.42 Å². The minimum atomic E-state index is -1.32. The Kier molecular flexibility index (Phi) is 3.06. The molecule has 0 fully saturated rings. The minimum absolute atomic E-state index is 0.0289. The van der Waals surface area contributed by atoms with Gasteiger partial charge in [-0.15, -0.1) is 0 Å². The third-order valence-corrected chi connectivity index (χ3v) is 1.46. The van der Waals surface area contributed by atoms with Gasteiger partial charge in [0.25, 0.3) is 0 Å². The number of carbonyl (C=O) groups excluding carboxylic acids is 2. The number of carboxylic acids is 1. The zero-order valence-corrected chi connectivity index (χ0v) is 7.14. The van der Waals surface area contributed by atoms with Crippen LogP contribution in [0.3, 0.4) is 0 Å². The second kappa shape index (κ2) is 4.27. The highest BCUT2D eigenvalue weighted by Gasteiger charge is 2.19. The summed E-state index contributed by atoms with van der Waals surface area (Å²) in [7, 11) is 0. The van der Waals surface area contributed by atoms with Crippen molar-refractivity contribution in [3.05, 3.63) is 30.1 Å². The second-order valence-electron chi connectivity index (χ2n) is 2.54. The first kappa shape index (κ1) is 10.0. The Balaban J connectivity index is 2.76. The normalized spacial score (nSPS) is 9.43. The number of carboxylic acid groups (broad SMARTS) is 1. The van der Waals surface area contributed by atoms with E-state index >= 15 is 0 Å². The lowest BCUT2D eigenvalue weighted by molar-refractivity contribution is -0.139. The van der Waals surface area contributed by atoms with E-state index in [4.69, 9.17) is 5.11 Å². The zero-order valence-electron chi connectivity index (χ0n) is 7.14. The second-order valence-corrected chi connectivity index (χ2v) is 2.54. The van der Waals surface area contributed by atoms with Gasteiger partial charge in [-0.2, -0.15) is 0 Å². The predicted octanol–water partition coefficient (Wildman–Crippen LogP) is 0.308. The van der Waals surface area contributed by atoms with Gasteiger partial charge in [-0.05, 0) is 12.1 Å². The van der Waals surface area contributed by atoms with Gasteiger partial charge in [0, 0.05) is 6.20 Å². The number of hydrogen-bond acceptors (Lipinski definition) is 4. The van der Waals surface area contributed by atoms with Crippen molar-refractivity contribution in [2.75, 3.05) is 0 Å². The highest BCUT2D eigenvalue weighted by molar-refractivity contribution is 6.45. The standard InChI is InChI=1S/C9H7NO4/c11-7(5-8(12)13)9(14)6-3-1-2-4-10-6/h1-4H,5H2,(H,12,13). The third-order valence-electron chi connectivity index (χ3n) is 1.46. The van der Waals surface area contributed by atoms with E-state index in [-0.39, 0.29) is 5.69 Å². The monoisotopic (exact) mass is 193 g/mol. The smallest absolute Gasteiger partial charge is 0.311 e. The van der Waals surface area contributed by atoms with Gasteiger partial charge in [-0.3, -0.25) is 19.4 Å². The molecule has 0 aromatic carbocycles. The maximum absolute atomic E-state index is 11.2. The molecule has 0 radical (unpaired) electrons. The molecule has 0 saturated heterocycles. The molecule has 0 atom stereocenters. The van der Waals surface area contributed by atoms with Crippen molar-refractivity contribution >= 4 is 17.5 Å². The van der Waals surface area contributed by atoms with Crippen LogP contribution >= 0.6 is 0 Å². The summed E-state index contributed by atoms with van der Waals surface area (Å²) in [5.74, 6) is -3.15. The molecule has 5 nitrogen and oxygen atoms in total. The SMILES string of the molecule is O=C(O)CC(=O)C(=O)c1ccccn1. The molecule has 72 valence electrons. The van der Waals surface area contributed by atoms with Gasteiger partial charge in [0.1, 0.15) is 12.1 Å². The van der Waals surface area contributed by atoms with Gasteiger partial charge < -0.3 is 5.11 Å². The van der Waals surface area contributed by atoms with Gasteiger partial charge in [0.05, 0.1) is 0 Å². The number of aromatic nitrogens is 1. The molecule has 1 rings (SSSR count). The van der Waals surface area contributed by atoms with Crippen LogP contribution in [0.2, 0.25) is 0 Å². The van der Waals surface area contributed by atoms with Gasteiger partial charge in [0.2, 0.25) is 11.6 Å². The van der Waals surface area contributed by atoms with Gasteiger partial charge >= 0.3 is 5.97 Å². The van der Waals surface area contributed by atoms with Gasteiger partial charge in [0.15, 0.2) is 0 Å². The highest BCUT2D eigenvalue weighted by Crippen LogP contribution is 1.98. The highest BCUT2D eigenvalue weighted by atomic mass is 16.4. The summed E-state index contributed by atoms with van der Waals surface area (Å²) in [5, 5.41) is 8.29. The van der Waals surface area contributed by atoms with E-state index in [1.807, 2.05) is 0 Å². The molecular formula is C9H7NO4. The van der Waals surface area contributed by atoms with Crippen molar-refractivity contribution in [1.29, 1.82) is 0 Å². The number of nitrogens with zero attached hydrogens (tertiary/aromatic N) is 1. The van der Waals surface area contributed by atoms with Crippen LogP contribution in [0.1, 0.15) is 16.9 Å². The lowest BCUT2D eigenvalue weighted by atomic mass is 10.1. The molecular weight excluding hydrogens is 186 g/mol. The first-order valence-corrected chi connectivity index (χ1v) is 3.81. The summed E-state index contributed by atoms with van der Waals surface area (Å²) in [6, 6.07) is 4.51. The Morgan fingerprint density at radius 1 is 1.29 bits per heavy atom. The third kappa shape index (κ3) is 2.48. The summed E-state index contributed by atoms with van der Waals surface area (Å²) in [6.45, 7) is 0. The maximum Gasteiger partial charge on any atom is 0.311 e. The van der Waals surface area contributed by atoms with Crippen molar-refractivity contribution in [2.24, 2.45) is 0 Å². The Labute approximate surface area is 79.4 Å². The summed E-state index contributed by atoms with van der Waals surface area (Å²) in [5.41, 5.74) is -0.0289. The van der Waals surface area contributed by atoms with E-state index < -0.39 is 24.0 Å². The van der Waals surface area contributed by atoms with Crippen LogP contribution in [0.4, 0.5) is 0 Å². The predicted molar refractivity (Wildman–Crippen MR) is 45.8 cm³/mol. The molecule has 5 heteroatoms. The fourth-order valence-corrected chi connectivity index (χ4v) is 0.858. The largest absolute Gasteiger partial charge is 0.481 e. The van der Waals surface area contributed by atoms with Crippen molar-refractivity contribution in [3.63, 3.8) is 0 Å². The molecule has 0 spiro atoms. The number of rotatable bonds is 4. The number of pyridine rings is 1. The minimum Gasteiger partial charge on any atom is -0.481 e. The Bertz CT molecular complexity index is 372. The average Bonchev–Trinajstić information content (AvgIpc) is 2.17. The van der Waals surface area contributed by atoms with Crippen LogP contribution in [-0.2, 0) is 9.59 Å². The lowest BCUT2D eigenvalue weighted by Gasteiger charge is -1.95. The van der Waals surface area contributed by atoms with Gasteiger partial charge in [-0.1, -0.05) is 6.07 Å². The van der Waals surface area contributed by atoms with E-state index in [9.17, 15) is 14.4 Å². The van der Waals surface area contributed by atoms with Crippen molar-refractivity contribution in [1.82, 2.24) is 4.98 Å². The molecule has 1 heterocycles. The summed E-state index contributed by atoms with van der Waals surface area (Å²) < 4.78 is 0. The Morgan fingerprint density at radius 3 is 2.50 bits per heavy atom. The Hall–Kier alpha value is -2.04. The summed E-state index contributed by atoms with van der Waals surface area (Å²) >= 11 is 0. The van der Waals surface area contributed by atoms with Crippen LogP contribution in [0.5, 0.6) is 0 Å². The van der Waals surface area contributed by atoms with Crippen LogP contribution in [0.25, 0.3) is 0 Å². The summed E-state index contributed by atoms with van der Waals surface area (Å²) in [4.78, 5) is 36.0. The topological polar surface area (TPSA) is 84.3 Å².